The molecule has 0 fully saturated rings. The van der Waals surface area contributed by atoms with Crippen molar-refractivity contribution in [2.24, 2.45) is 11.5 Å². The van der Waals surface area contributed by atoms with Crippen LogP contribution >= 0.6 is 0 Å². The number of hydrogen-bond acceptors (Lipinski definition) is 6. The van der Waals surface area contributed by atoms with Gasteiger partial charge in [-0.3, -0.25) is 9.59 Å². The molecule has 0 aliphatic rings. The summed E-state index contributed by atoms with van der Waals surface area (Å²) in [6, 6.07) is 0.0324. The first-order valence-corrected chi connectivity index (χ1v) is 7.90. The van der Waals surface area contributed by atoms with Crippen LogP contribution in [-0.2, 0) is 19.1 Å². The third-order valence-electron chi connectivity index (χ3n) is 1.85. The zero-order valence-electron chi connectivity index (χ0n) is 15.8. The summed E-state index contributed by atoms with van der Waals surface area (Å²) in [4.78, 5) is 30.7. The average molecular weight is 335 g/mol. The van der Waals surface area contributed by atoms with Crippen LogP contribution in [0.15, 0.2) is 0 Å². The topological polar surface area (TPSA) is 125 Å². The Bertz CT molecular complexity index is 272. The largest absolute Gasteiger partial charge is 0.465 e. The molecule has 0 saturated carbocycles. The van der Waals surface area contributed by atoms with Gasteiger partial charge in [-0.1, -0.05) is 20.3 Å². The summed E-state index contributed by atoms with van der Waals surface area (Å²) in [5.74, 6) is -0.0325. The van der Waals surface area contributed by atoms with E-state index in [2.05, 4.69) is 29.6 Å². The molecule has 0 aliphatic carbocycles. The van der Waals surface area contributed by atoms with E-state index in [0.29, 0.717) is 19.3 Å². The molecular formula is C16H37N3O4. The minimum atomic E-state index is -0.175. The van der Waals surface area contributed by atoms with E-state index in [1.54, 1.807) is 13.8 Å². The van der Waals surface area contributed by atoms with E-state index in [-0.39, 0.29) is 30.4 Å². The van der Waals surface area contributed by atoms with Crippen molar-refractivity contribution in [2.75, 3.05) is 13.6 Å². The molecule has 1 unspecified atom stereocenters. The Labute approximate surface area is 141 Å². The molecule has 23 heavy (non-hydrogen) atoms. The molecule has 1 atom stereocenters. The Balaban J connectivity index is -0.000000137. The highest BCUT2D eigenvalue weighted by Crippen LogP contribution is 1.96. The molecule has 0 heterocycles. The Morgan fingerprint density at radius 3 is 1.83 bits per heavy atom. The van der Waals surface area contributed by atoms with Crippen LogP contribution in [0.1, 0.15) is 60.8 Å². The molecule has 0 spiro atoms. The van der Waals surface area contributed by atoms with Gasteiger partial charge in [0.15, 0.2) is 0 Å². The van der Waals surface area contributed by atoms with Crippen molar-refractivity contribution in [1.82, 2.24) is 5.32 Å². The Morgan fingerprint density at radius 1 is 1.17 bits per heavy atom. The van der Waals surface area contributed by atoms with E-state index in [1.807, 2.05) is 6.92 Å². The summed E-state index contributed by atoms with van der Waals surface area (Å²) in [6.07, 6.45) is 2.47. The first-order valence-electron chi connectivity index (χ1n) is 7.90. The maximum Gasteiger partial charge on any atom is 0.293 e. The van der Waals surface area contributed by atoms with Crippen molar-refractivity contribution >= 4 is 18.2 Å². The number of Topliss-reactive ketones (excluding diaryl/α,β-unsaturated/α-hetero) is 1. The molecule has 0 aromatic heterocycles. The Morgan fingerprint density at radius 2 is 1.61 bits per heavy atom. The van der Waals surface area contributed by atoms with Gasteiger partial charge in [0.25, 0.3) is 6.47 Å². The van der Waals surface area contributed by atoms with Crippen LogP contribution in [-0.4, -0.2) is 43.9 Å². The maximum atomic E-state index is 10.7. The predicted octanol–water partition coefficient (Wildman–Crippen LogP) is 1.38. The monoisotopic (exact) mass is 335 g/mol. The molecule has 7 heteroatoms. The summed E-state index contributed by atoms with van der Waals surface area (Å²) in [5, 5.41) is 2.67. The lowest BCUT2D eigenvalue weighted by Gasteiger charge is -2.11. The van der Waals surface area contributed by atoms with Crippen LogP contribution in [0.25, 0.3) is 0 Å². The summed E-state index contributed by atoms with van der Waals surface area (Å²) < 4.78 is 4.36. The second-order valence-corrected chi connectivity index (χ2v) is 4.90. The molecule has 1 amide bonds. The highest BCUT2D eigenvalue weighted by molar-refractivity contribution is 5.78. The van der Waals surface area contributed by atoms with Gasteiger partial charge in [0.1, 0.15) is 5.78 Å². The average Bonchev–Trinajstić information content (AvgIpc) is 2.48. The first-order chi connectivity index (χ1) is 10.7. The van der Waals surface area contributed by atoms with E-state index in [1.165, 1.54) is 20.4 Å². The SMILES string of the molecule is CC(=O)CCC(C)NC(=O)CN.CC(C)OC=O.CCC.CN. The lowest BCUT2D eigenvalue weighted by atomic mass is 10.1. The highest BCUT2D eigenvalue weighted by atomic mass is 16.5. The fraction of sp³-hybridized carbons (Fsp3) is 0.812. The quantitative estimate of drug-likeness (QED) is 0.604. The van der Waals surface area contributed by atoms with Gasteiger partial charge in [-0.25, -0.2) is 0 Å². The number of rotatable bonds is 7. The van der Waals surface area contributed by atoms with Crippen molar-refractivity contribution in [2.45, 2.75) is 73.0 Å². The molecule has 7 nitrogen and oxygen atoms in total. The lowest BCUT2D eigenvalue weighted by Crippen LogP contribution is -2.37. The number of carbonyl (C=O) groups is 3. The molecular weight excluding hydrogens is 298 g/mol. The second-order valence-electron chi connectivity index (χ2n) is 4.90. The summed E-state index contributed by atoms with van der Waals surface area (Å²) in [5.41, 5.74) is 9.60. The van der Waals surface area contributed by atoms with E-state index >= 15 is 0 Å². The lowest BCUT2D eigenvalue weighted by molar-refractivity contribution is -0.132. The van der Waals surface area contributed by atoms with Gasteiger partial charge in [-0.05, 0) is 41.2 Å². The number of ketones is 1. The van der Waals surface area contributed by atoms with Crippen molar-refractivity contribution in [3.8, 4) is 0 Å². The van der Waals surface area contributed by atoms with Gasteiger partial charge in [-0.2, -0.15) is 0 Å². The normalized spacial score (nSPS) is 9.65. The van der Waals surface area contributed by atoms with Gasteiger partial charge in [0, 0.05) is 12.5 Å². The van der Waals surface area contributed by atoms with Crippen molar-refractivity contribution in [3.05, 3.63) is 0 Å². The molecule has 5 N–H and O–H groups in total. The van der Waals surface area contributed by atoms with Gasteiger partial charge in [0.2, 0.25) is 5.91 Å². The molecule has 0 aromatic rings. The Hall–Kier alpha value is -1.47. The molecule has 0 aromatic carbocycles. The van der Waals surface area contributed by atoms with Gasteiger partial charge >= 0.3 is 0 Å². The van der Waals surface area contributed by atoms with Crippen LogP contribution in [0, 0.1) is 0 Å². The van der Waals surface area contributed by atoms with Crippen LogP contribution < -0.4 is 16.8 Å². The van der Waals surface area contributed by atoms with Crippen molar-refractivity contribution < 1.29 is 19.1 Å². The van der Waals surface area contributed by atoms with Crippen LogP contribution in [0.2, 0.25) is 0 Å². The van der Waals surface area contributed by atoms with E-state index < -0.39 is 0 Å². The van der Waals surface area contributed by atoms with Crippen LogP contribution in [0.5, 0.6) is 0 Å². The minimum absolute atomic E-state index is 0.00438. The summed E-state index contributed by atoms with van der Waals surface area (Å²) in [6.45, 7) is 11.7. The second kappa shape index (κ2) is 25.5. The number of ether oxygens (including phenoxy) is 1. The zero-order valence-corrected chi connectivity index (χ0v) is 15.8. The van der Waals surface area contributed by atoms with Gasteiger partial charge < -0.3 is 26.3 Å². The molecule has 0 rings (SSSR count). The number of nitrogens with two attached hydrogens (primary N) is 2. The number of carbonyl (C=O) groups excluding carboxylic acids is 3. The number of amides is 1. The smallest absolute Gasteiger partial charge is 0.293 e. The number of hydrogen-bond donors (Lipinski definition) is 3. The fourth-order valence-corrected chi connectivity index (χ4v) is 0.937. The summed E-state index contributed by atoms with van der Waals surface area (Å²) in [7, 11) is 1.50. The summed E-state index contributed by atoms with van der Waals surface area (Å²) >= 11 is 0. The Kier molecular flexibility index (Phi) is 32.7. The molecule has 0 saturated heterocycles. The standard InChI is InChI=1S/C8H16N2O2.C4H8O2.C3H8.CH5N/c1-6(3-4-7(2)11)10-8(12)5-9;1-4(2)6-3-5;1-3-2;1-2/h6H,3-5,9H2,1-2H3,(H,10,12);3-4H,1-2H3;3H2,1-2H3;2H2,1H3. The molecule has 140 valence electrons. The molecule has 0 aliphatic heterocycles. The third kappa shape index (κ3) is 44.9. The number of nitrogens with one attached hydrogen (secondary N) is 1. The van der Waals surface area contributed by atoms with E-state index in [0.717, 1.165) is 0 Å². The maximum absolute atomic E-state index is 10.7. The van der Waals surface area contributed by atoms with Crippen molar-refractivity contribution in [3.63, 3.8) is 0 Å². The first kappa shape index (κ1) is 29.5. The van der Waals surface area contributed by atoms with Gasteiger partial charge in [0.05, 0.1) is 12.6 Å². The third-order valence-corrected chi connectivity index (χ3v) is 1.85. The van der Waals surface area contributed by atoms with E-state index in [4.69, 9.17) is 5.73 Å². The molecule has 0 bridgehead atoms. The zero-order chi connectivity index (χ0) is 19.3. The van der Waals surface area contributed by atoms with E-state index in [9.17, 15) is 14.4 Å². The van der Waals surface area contributed by atoms with Crippen molar-refractivity contribution in [1.29, 1.82) is 0 Å². The minimum Gasteiger partial charge on any atom is -0.465 e. The highest BCUT2D eigenvalue weighted by Gasteiger charge is 2.05. The van der Waals surface area contributed by atoms with Gasteiger partial charge in [-0.15, -0.1) is 0 Å². The fourth-order valence-electron chi connectivity index (χ4n) is 0.937. The van der Waals surface area contributed by atoms with Crippen LogP contribution in [0.3, 0.4) is 0 Å². The van der Waals surface area contributed by atoms with Crippen LogP contribution in [0.4, 0.5) is 0 Å². The molecule has 0 radical (unpaired) electrons. The predicted molar refractivity (Wildman–Crippen MR) is 94.9 cm³/mol.